The van der Waals surface area contributed by atoms with Crippen molar-refractivity contribution in [2.24, 2.45) is 17.3 Å². The molecule has 1 aromatic rings. The zero-order valence-corrected chi connectivity index (χ0v) is 18.4. The van der Waals surface area contributed by atoms with E-state index in [1.807, 2.05) is 13.8 Å². The Kier molecular flexibility index (Phi) is 5.62. The van der Waals surface area contributed by atoms with Crippen molar-refractivity contribution in [2.45, 2.75) is 58.6 Å². The van der Waals surface area contributed by atoms with Gasteiger partial charge in [-0.15, -0.1) is 0 Å². The van der Waals surface area contributed by atoms with Crippen LogP contribution in [0.25, 0.3) is 0 Å². The molecule has 7 heteroatoms. The second-order valence-electron chi connectivity index (χ2n) is 10.0. The molecule has 1 amide bonds. The molecule has 0 unspecified atom stereocenters. The number of fused-ring (bicyclic) bond motifs is 1. The highest BCUT2D eigenvalue weighted by Crippen LogP contribution is 2.40. The van der Waals surface area contributed by atoms with E-state index in [1.165, 1.54) is 5.56 Å². The number of aromatic nitrogens is 1. The van der Waals surface area contributed by atoms with Crippen molar-refractivity contribution < 1.29 is 18.8 Å². The summed E-state index contributed by atoms with van der Waals surface area (Å²) in [5, 5.41) is 4.09. The van der Waals surface area contributed by atoms with Gasteiger partial charge in [0.15, 0.2) is 0 Å². The predicted octanol–water partition coefficient (Wildman–Crippen LogP) is 2.55. The van der Waals surface area contributed by atoms with Gasteiger partial charge < -0.3 is 18.9 Å². The summed E-state index contributed by atoms with van der Waals surface area (Å²) in [7, 11) is 0. The largest absolute Gasteiger partial charge is 0.381 e. The van der Waals surface area contributed by atoms with Crippen LogP contribution in [0.2, 0.25) is 0 Å². The Morgan fingerprint density at radius 3 is 2.73 bits per heavy atom. The van der Waals surface area contributed by atoms with Crippen LogP contribution in [-0.2, 0) is 20.8 Å². The quantitative estimate of drug-likeness (QED) is 0.750. The van der Waals surface area contributed by atoms with Gasteiger partial charge in [-0.2, -0.15) is 0 Å². The monoisotopic (exact) mass is 417 g/mol. The Bertz CT molecular complexity index is 743. The van der Waals surface area contributed by atoms with Gasteiger partial charge in [0.2, 0.25) is 5.91 Å². The van der Waals surface area contributed by atoms with Crippen molar-refractivity contribution >= 4 is 5.91 Å². The average Bonchev–Trinajstić information content (AvgIpc) is 3.45. The summed E-state index contributed by atoms with van der Waals surface area (Å²) in [6.07, 6.45) is 5.09. The molecular formula is C23H35N3O4. The van der Waals surface area contributed by atoms with Crippen LogP contribution in [0.3, 0.4) is 0 Å². The molecule has 4 aliphatic heterocycles. The number of carbonyl (C=O) groups is 1. The standard InChI is InChI=1S/C23H35N3O4/c1-16-20(17(2)30-24-16)13-25-7-3-19-18(12-25)14-29-21(19)11-22(27)26-8-4-23(5-9-26)6-10-28-15-23/h18-19,21H,3-15H2,1-2H3/t18-,19-,21+/m1/s1. The third-order valence-corrected chi connectivity index (χ3v) is 8.18. The van der Waals surface area contributed by atoms with Crippen molar-refractivity contribution in [1.29, 1.82) is 0 Å². The molecule has 0 N–H and O–H groups in total. The van der Waals surface area contributed by atoms with E-state index in [9.17, 15) is 4.79 Å². The van der Waals surface area contributed by atoms with Crippen molar-refractivity contribution in [1.82, 2.24) is 15.0 Å². The molecule has 7 nitrogen and oxygen atoms in total. The predicted molar refractivity (Wildman–Crippen MR) is 111 cm³/mol. The van der Waals surface area contributed by atoms with Crippen LogP contribution < -0.4 is 0 Å². The second kappa shape index (κ2) is 8.24. The van der Waals surface area contributed by atoms with Crippen molar-refractivity contribution in [3.8, 4) is 0 Å². The molecular weight excluding hydrogens is 382 g/mol. The van der Waals surface area contributed by atoms with Gasteiger partial charge in [-0.25, -0.2) is 0 Å². The normalized spacial score (nSPS) is 31.4. The molecule has 1 aromatic heterocycles. The minimum Gasteiger partial charge on any atom is -0.381 e. The first-order valence-corrected chi connectivity index (χ1v) is 11.6. The lowest BCUT2D eigenvalue weighted by Gasteiger charge is -2.39. The summed E-state index contributed by atoms with van der Waals surface area (Å²) in [6, 6.07) is 0. The summed E-state index contributed by atoms with van der Waals surface area (Å²) in [5.41, 5.74) is 2.56. The molecule has 3 atom stereocenters. The van der Waals surface area contributed by atoms with E-state index >= 15 is 0 Å². The van der Waals surface area contributed by atoms with Crippen LogP contribution >= 0.6 is 0 Å². The zero-order chi connectivity index (χ0) is 20.7. The van der Waals surface area contributed by atoms with Crippen LogP contribution in [-0.4, -0.2) is 73.0 Å². The number of aryl methyl sites for hydroxylation is 2. The first-order valence-electron chi connectivity index (χ1n) is 11.6. The van der Waals surface area contributed by atoms with Gasteiger partial charge in [-0.05, 0) is 57.4 Å². The van der Waals surface area contributed by atoms with Gasteiger partial charge in [0, 0.05) is 44.3 Å². The average molecular weight is 418 g/mol. The minimum absolute atomic E-state index is 0.0921. The molecule has 0 saturated carbocycles. The fourth-order valence-electron chi connectivity index (χ4n) is 6.04. The summed E-state index contributed by atoms with van der Waals surface area (Å²) in [4.78, 5) is 17.5. The number of hydrogen-bond acceptors (Lipinski definition) is 6. The highest BCUT2D eigenvalue weighted by Gasteiger charge is 2.43. The highest BCUT2D eigenvalue weighted by atomic mass is 16.5. The van der Waals surface area contributed by atoms with E-state index in [0.29, 0.717) is 23.7 Å². The van der Waals surface area contributed by atoms with Crippen LogP contribution in [0.4, 0.5) is 0 Å². The maximum absolute atomic E-state index is 13.0. The van der Waals surface area contributed by atoms with E-state index in [1.54, 1.807) is 0 Å². The fraction of sp³-hybridized carbons (Fsp3) is 0.826. The lowest BCUT2D eigenvalue weighted by atomic mass is 9.78. The Morgan fingerprint density at radius 1 is 1.20 bits per heavy atom. The van der Waals surface area contributed by atoms with Crippen LogP contribution in [0.1, 0.15) is 49.1 Å². The third-order valence-electron chi connectivity index (χ3n) is 8.18. The van der Waals surface area contributed by atoms with E-state index in [-0.39, 0.29) is 12.0 Å². The number of carbonyl (C=O) groups excluding carboxylic acids is 1. The molecule has 0 radical (unpaired) electrons. The summed E-state index contributed by atoms with van der Waals surface area (Å²) >= 11 is 0. The van der Waals surface area contributed by atoms with Gasteiger partial charge in [-0.3, -0.25) is 9.69 Å². The lowest BCUT2D eigenvalue weighted by Crippen LogP contribution is -2.45. The Balaban J connectivity index is 1.12. The zero-order valence-electron chi connectivity index (χ0n) is 18.4. The number of likely N-dealkylation sites (tertiary alicyclic amines) is 2. The van der Waals surface area contributed by atoms with Gasteiger partial charge in [0.05, 0.1) is 31.4 Å². The third kappa shape index (κ3) is 3.92. The number of hydrogen-bond donors (Lipinski definition) is 0. The SMILES string of the molecule is Cc1noc(C)c1CN1CC[C@@H]2[C@@H](CO[C@H]2CC(=O)N2CCC3(CCOC3)CC2)C1. The molecule has 4 aliphatic rings. The molecule has 5 rings (SSSR count). The lowest BCUT2D eigenvalue weighted by molar-refractivity contribution is -0.136. The molecule has 166 valence electrons. The van der Waals surface area contributed by atoms with E-state index < -0.39 is 0 Å². The van der Waals surface area contributed by atoms with E-state index in [2.05, 4.69) is 15.0 Å². The maximum Gasteiger partial charge on any atom is 0.225 e. The summed E-state index contributed by atoms with van der Waals surface area (Å²) in [5.74, 6) is 2.24. The first kappa shape index (κ1) is 20.5. The number of rotatable bonds is 4. The van der Waals surface area contributed by atoms with E-state index in [4.69, 9.17) is 14.0 Å². The molecule has 1 spiro atoms. The van der Waals surface area contributed by atoms with Gasteiger partial charge >= 0.3 is 0 Å². The second-order valence-corrected chi connectivity index (χ2v) is 10.0. The maximum atomic E-state index is 13.0. The molecule has 5 heterocycles. The number of ether oxygens (including phenoxy) is 2. The van der Waals surface area contributed by atoms with Gasteiger partial charge in [-0.1, -0.05) is 5.16 Å². The van der Waals surface area contributed by atoms with Crippen LogP contribution in [0, 0.1) is 31.1 Å². The summed E-state index contributed by atoms with van der Waals surface area (Å²) < 4.78 is 17.1. The van der Waals surface area contributed by atoms with Crippen molar-refractivity contribution in [3.05, 3.63) is 17.0 Å². The first-order chi connectivity index (χ1) is 14.5. The summed E-state index contributed by atoms with van der Waals surface area (Å²) in [6.45, 7) is 11.3. The Morgan fingerprint density at radius 2 is 2.03 bits per heavy atom. The topological polar surface area (TPSA) is 68.0 Å². The van der Waals surface area contributed by atoms with E-state index in [0.717, 1.165) is 89.7 Å². The fourth-order valence-corrected chi connectivity index (χ4v) is 6.04. The molecule has 0 aliphatic carbocycles. The van der Waals surface area contributed by atoms with Crippen molar-refractivity contribution in [2.75, 3.05) is 46.0 Å². The van der Waals surface area contributed by atoms with Crippen LogP contribution in [0.5, 0.6) is 0 Å². The molecule has 4 saturated heterocycles. The smallest absolute Gasteiger partial charge is 0.225 e. The Hall–Kier alpha value is -1.44. The number of nitrogens with zero attached hydrogens (tertiary/aromatic N) is 3. The number of piperidine rings is 2. The van der Waals surface area contributed by atoms with Crippen LogP contribution in [0.15, 0.2) is 4.52 Å². The molecule has 0 aromatic carbocycles. The molecule has 0 bridgehead atoms. The molecule has 30 heavy (non-hydrogen) atoms. The number of amides is 1. The minimum atomic E-state index is 0.0921. The Labute approximate surface area is 179 Å². The van der Waals surface area contributed by atoms with Gasteiger partial charge in [0.25, 0.3) is 0 Å². The van der Waals surface area contributed by atoms with Gasteiger partial charge in [0.1, 0.15) is 5.76 Å². The van der Waals surface area contributed by atoms with Crippen molar-refractivity contribution in [3.63, 3.8) is 0 Å². The highest BCUT2D eigenvalue weighted by molar-refractivity contribution is 5.77. The molecule has 4 fully saturated rings.